The third kappa shape index (κ3) is 3.68. The molecule has 1 amide bonds. The van der Waals surface area contributed by atoms with Gasteiger partial charge in [-0.15, -0.1) is 0 Å². The summed E-state index contributed by atoms with van der Waals surface area (Å²) in [5.41, 5.74) is 2.84. The smallest absolute Gasteiger partial charge is 0.254 e. The predicted octanol–water partition coefficient (Wildman–Crippen LogP) is 3.85. The van der Waals surface area contributed by atoms with Gasteiger partial charge in [0.05, 0.1) is 10.9 Å². The summed E-state index contributed by atoms with van der Waals surface area (Å²) in [5.74, 6) is -0.151. The first-order chi connectivity index (χ1) is 12.8. The zero-order valence-electron chi connectivity index (χ0n) is 15.6. The number of halogens is 1. The van der Waals surface area contributed by atoms with Crippen LogP contribution in [0.1, 0.15) is 40.9 Å². The van der Waals surface area contributed by atoms with Gasteiger partial charge < -0.3 is 4.90 Å². The van der Waals surface area contributed by atoms with Gasteiger partial charge in [0, 0.05) is 30.7 Å². The molecule has 2 aromatic rings. The molecule has 0 spiro atoms. The number of amides is 1. The topological polar surface area (TPSA) is 57.7 Å². The van der Waals surface area contributed by atoms with Crippen LogP contribution in [-0.4, -0.2) is 44.2 Å². The van der Waals surface area contributed by atoms with E-state index in [1.807, 2.05) is 24.0 Å². The van der Waals surface area contributed by atoms with Gasteiger partial charge in [-0.05, 0) is 65.0 Å². The van der Waals surface area contributed by atoms with Crippen molar-refractivity contribution in [3.05, 3.63) is 63.6 Å². The number of carbonyl (C=O) groups is 1. The first kappa shape index (κ1) is 20.0. The molecule has 0 aliphatic heterocycles. The summed E-state index contributed by atoms with van der Waals surface area (Å²) < 4.78 is 26.7. The normalized spacial score (nSPS) is 16.4. The fourth-order valence-corrected chi connectivity index (χ4v) is 5.40. The molecular formula is C20H23BrN2O3S. The molecule has 1 aliphatic carbocycles. The van der Waals surface area contributed by atoms with Crippen molar-refractivity contribution in [1.82, 2.24) is 9.21 Å². The van der Waals surface area contributed by atoms with Crippen molar-refractivity contribution in [1.29, 1.82) is 0 Å². The van der Waals surface area contributed by atoms with Gasteiger partial charge in [0.15, 0.2) is 0 Å². The Morgan fingerprint density at radius 3 is 2.56 bits per heavy atom. The monoisotopic (exact) mass is 450 g/mol. The van der Waals surface area contributed by atoms with E-state index in [1.54, 1.807) is 12.1 Å². The maximum Gasteiger partial charge on any atom is 0.254 e. The molecule has 0 saturated carbocycles. The molecule has 5 nitrogen and oxygen atoms in total. The van der Waals surface area contributed by atoms with Crippen molar-refractivity contribution in [2.75, 3.05) is 20.6 Å². The third-order valence-electron chi connectivity index (χ3n) is 5.02. The van der Waals surface area contributed by atoms with Gasteiger partial charge in [0.1, 0.15) is 0 Å². The second-order valence-corrected chi connectivity index (χ2v) is 9.75. The summed E-state index contributed by atoms with van der Waals surface area (Å²) in [6, 6.07) is 13.0. The van der Waals surface area contributed by atoms with Crippen LogP contribution in [0.5, 0.6) is 0 Å². The zero-order valence-corrected chi connectivity index (χ0v) is 18.0. The van der Waals surface area contributed by atoms with Crippen LogP contribution < -0.4 is 0 Å². The molecular weight excluding hydrogens is 428 g/mol. The van der Waals surface area contributed by atoms with Crippen LogP contribution in [0.4, 0.5) is 0 Å². The number of benzene rings is 2. The van der Waals surface area contributed by atoms with Crippen LogP contribution >= 0.6 is 15.9 Å². The van der Waals surface area contributed by atoms with Crippen molar-refractivity contribution in [2.45, 2.75) is 30.7 Å². The third-order valence-corrected chi connectivity index (χ3v) is 7.82. The summed E-state index contributed by atoms with van der Waals surface area (Å²) >= 11 is 3.29. The molecule has 27 heavy (non-hydrogen) atoms. The first-order valence-corrected chi connectivity index (χ1v) is 11.1. The van der Waals surface area contributed by atoms with Gasteiger partial charge in [0.25, 0.3) is 5.91 Å². The molecule has 0 N–H and O–H groups in total. The minimum absolute atomic E-state index is 0.0243. The summed E-state index contributed by atoms with van der Waals surface area (Å²) in [6.07, 6.45) is 1.84. The van der Waals surface area contributed by atoms with E-state index in [0.29, 0.717) is 16.6 Å². The maximum atomic E-state index is 13.2. The minimum atomic E-state index is -3.65. The molecule has 0 saturated heterocycles. The number of nitrogens with zero attached hydrogens (tertiary/aromatic N) is 2. The van der Waals surface area contributed by atoms with Gasteiger partial charge in [0.2, 0.25) is 10.0 Å². The average Bonchev–Trinajstić information content (AvgIpc) is 3.06. The predicted molar refractivity (Wildman–Crippen MR) is 109 cm³/mol. The summed E-state index contributed by atoms with van der Waals surface area (Å²) in [4.78, 5) is 15.2. The lowest BCUT2D eigenvalue weighted by molar-refractivity contribution is 0.0688. The van der Waals surface area contributed by atoms with Crippen LogP contribution in [0.3, 0.4) is 0 Å². The lowest BCUT2D eigenvalue weighted by Gasteiger charge is -2.29. The molecule has 0 unspecified atom stereocenters. The van der Waals surface area contributed by atoms with Crippen LogP contribution in [0.15, 0.2) is 51.8 Å². The van der Waals surface area contributed by atoms with E-state index >= 15 is 0 Å². The highest BCUT2D eigenvalue weighted by Crippen LogP contribution is 2.36. The molecule has 0 bridgehead atoms. The van der Waals surface area contributed by atoms with E-state index in [0.717, 1.165) is 17.1 Å². The Morgan fingerprint density at radius 1 is 1.19 bits per heavy atom. The molecule has 0 heterocycles. The Hall–Kier alpha value is -1.70. The fraction of sp³-hybridized carbons (Fsp3) is 0.350. The highest BCUT2D eigenvalue weighted by Gasteiger charge is 2.31. The molecule has 1 atom stereocenters. The average molecular weight is 451 g/mol. The lowest BCUT2D eigenvalue weighted by Crippen LogP contribution is -2.34. The van der Waals surface area contributed by atoms with Gasteiger partial charge >= 0.3 is 0 Å². The summed E-state index contributed by atoms with van der Waals surface area (Å²) in [6.45, 7) is 2.51. The Kier molecular flexibility index (Phi) is 5.74. The van der Waals surface area contributed by atoms with E-state index in [-0.39, 0.29) is 16.8 Å². The quantitative estimate of drug-likeness (QED) is 0.694. The zero-order chi connectivity index (χ0) is 19.8. The van der Waals surface area contributed by atoms with E-state index < -0.39 is 10.0 Å². The molecule has 0 fully saturated rings. The molecule has 0 aromatic heterocycles. The number of hydrogen-bond acceptors (Lipinski definition) is 3. The second kappa shape index (κ2) is 7.73. The van der Waals surface area contributed by atoms with Crippen molar-refractivity contribution >= 4 is 31.9 Å². The fourth-order valence-electron chi connectivity index (χ4n) is 3.56. The molecule has 1 aliphatic rings. The molecule has 3 rings (SSSR count). The van der Waals surface area contributed by atoms with Crippen LogP contribution in [0.25, 0.3) is 0 Å². The Balaban J connectivity index is 1.98. The van der Waals surface area contributed by atoms with E-state index in [9.17, 15) is 13.2 Å². The first-order valence-electron chi connectivity index (χ1n) is 8.88. The number of fused-ring (bicyclic) bond motifs is 1. The van der Waals surface area contributed by atoms with Crippen molar-refractivity contribution < 1.29 is 13.2 Å². The number of carbonyl (C=O) groups excluding carboxylic acids is 1. The van der Waals surface area contributed by atoms with Crippen LogP contribution in [-0.2, 0) is 16.4 Å². The second-order valence-electron chi connectivity index (χ2n) is 6.78. The van der Waals surface area contributed by atoms with Crippen LogP contribution in [0, 0.1) is 0 Å². The van der Waals surface area contributed by atoms with E-state index in [2.05, 4.69) is 28.1 Å². The highest BCUT2D eigenvalue weighted by atomic mass is 79.9. The van der Waals surface area contributed by atoms with E-state index in [4.69, 9.17) is 0 Å². The van der Waals surface area contributed by atoms with Gasteiger partial charge in [-0.2, -0.15) is 0 Å². The summed E-state index contributed by atoms with van der Waals surface area (Å²) in [7, 11) is -0.695. The van der Waals surface area contributed by atoms with Crippen molar-refractivity contribution in [2.24, 2.45) is 0 Å². The Bertz CT molecular complexity index is 973. The maximum absolute atomic E-state index is 13.2. The number of sulfonamides is 1. The number of rotatable bonds is 5. The minimum Gasteiger partial charge on any atom is -0.332 e. The van der Waals surface area contributed by atoms with Crippen LogP contribution in [0.2, 0.25) is 0 Å². The van der Waals surface area contributed by atoms with Gasteiger partial charge in [-0.1, -0.05) is 24.3 Å². The Morgan fingerprint density at radius 2 is 1.89 bits per heavy atom. The molecule has 7 heteroatoms. The van der Waals surface area contributed by atoms with Gasteiger partial charge in [-0.3, -0.25) is 4.79 Å². The number of aryl methyl sites for hydroxylation is 1. The Labute approximate surface area is 169 Å². The molecule has 144 valence electrons. The number of hydrogen-bond donors (Lipinski definition) is 0. The highest BCUT2D eigenvalue weighted by molar-refractivity contribution is 9.10. The summed E-state index contributed by atoms with van der Waals surface area (Å²) in [5, 5.41) is 0. The van der Waals surface area contributed by atoms with Gasteiger partial charge in [-0.25, -0.2) is 12.7 Å². The SMILES string of the molecule is CCN(C(=O)c1ccc(Br)c(S(=O)(=O)N(C)C)c1)[C@H]1CCc2ccccc21. The van der Waals surface area contributed by atoms with Crippen molar-refractivity contribution in [3.63, 3.8) is 0 Å². The lowest BCUT2D eigenvalue weighted by atomic mass is 10.1. The van der Waals surface area contributed by atoms with Crippen molar-refractivity contribution in [3.8, 4) is 0 Å². The van der Waals surface area contributed by atoms with E-state index in [1.165, 1.54) is 31.3 Å². The standard InChI is InChI=1S/C20H23BrN2O3S/c1-4-23(18-12-10-14-7-5-6-8-16(14)18)20(24)15-9-11-17(21)19(13-15)27(25,26)22(2)3/h5-9,11,13,18H,4,10,12H2,1-3H3/t18-/m0/s1. The largest absolute Gasteiger partial charge is 0.332 e. The molecule has 0 radical (unpaired) electrons. The molecule has 2 aromatic carbocycles.